The van der Waals surface area contributed by atoms with Gasteiger partial charge < -0.3 is 0 Å². The molecule has 0 heterocycles. The van der Waals surface area contributed by atoms with Gasteiger partial charge in [-0.25, -0.2) is 8.42 Å². The van der Waals surface area contributed by atoms with Crippen molar-refractivity contribution in [3.8, 4) is 6.07 Å². The van der Waals surface area contributed by atoms with Gasteiger partial charge in [-0.15, -0.1) is 0 Å². The third-order valence-corrected chi connectivity index (χ3v) is 6.79. The maximum atomic E-state index is 11.9. The van der Waals surface area contributed by atoms with Crippen molar-refractivity contribution in [1.82, 2.24) is 0 Å². The minimum Gasteiger partial charge on any atom is -0.229 e. The van der Waals surface area contributed by atoms with Crippen LogP contribution >= 0.6 is 0 Å². The Labute approximate surface area is 118 Å². The molecule has 3 nitrogen and oxygen atoms in total. The molecule has 110 valence electrons. The molecule has 0 spiro atoms. The molecule has 0 aliphatic heterocycles. The zero-order valence-electron chi connectivity index (χ0n) is 12.5. The number of hydrogen-bond acceptors (Lipinski definition) is 3. The van der Waals surface area contributed by atoms with Crippen LogP contribution in [-0.2, 0) is 9.84 Å². The molecule has 0 aromatic heterocycles. The first-order chi connectivity index (χ1) is 8.85. The fourth-order valence-electron chi connectivity index (χ4n) is 2.92. The van der Waals surface area contributed by atoms with E-state index in [1.165, 1.54) is 12.8 Å². The number of hydrogen-bond donors (Lipinski definition) is 0. The highest BCUT2D eigenvalue weighted by Crippen LogP contribution is 2.42. The summed E-state index contributed by atoms with van der Waals surface area (Å²) in [5.74, 6) is 0.907. The molecular weight excluding hydrogens is 258 g/mol. The van der Waals surface area contributed by atoms with E-state index in [1.807, 2.05) is 0 Å². The Morgan fingerprint density at radius 3 is 2.32 bits per heavy atom. The minimum atomic E-state index is -3.02. The normalized spacial score (nSPS) is 28.3. The summed E-state index contributed by atoms with van der Waals surface area (Å²) < 4.78 is 23.8. The Morgan fingerprint density at radius 1 is 1.32 bits per heavy atom. The molecule has 0 atom stereocenters. The predicted octanol–water partition coefficient (Wildman–Crippen LogP) is 3.70. The highest BCUT2D eigenvalue weighted by molar-refractivity contribution is 7.91. The number of rotatable bonds is 6. The van der Waals surface area contributed by atoms with E-state index in [0.29, 0.717) is 6.42 Å². The Bertz CT molecular complexity index is 412. The zero-order valence-corrected chi connectivity index (χ0v) is 13.3. The molecule has 1 aliphatic carbocycles. The fraction of sp³-hybridized carbons (Fsp3) is 0.933. The monoisotopic (exact) mass is 285 g/mol. The number of nitriles is 1. The first kappa shape index (κ1) is 16.5. The van der Waals surface area contributed by atoms with Gasteiger partial charge in [-0.2, -0.15) is 5.26 Å². The molecule has 0 amide bonds. The van der Waals surface area contributed by atoms with E-state index < -0.39 is 9.84 Å². The molecule has 0 unspecified atom stereocenters. The lowest BCUT2D eigenvalue weighted by Gasteiger charge is -2.35. The molecule has 0 aromatic carbocycles. The second-order valence-electron chi connectivity index (χ2n) is 6.29. The van der Waals surface area contributed by atoms with Crippen LogP contribution in [-0.4, -0.2) is 19.4 Å². The Hall–Kier alpha value is -0.560. The molecule has 1 saturated carbocycles. The molecule has 0 saturated heterocycles. The van der Waals surface area contributed by atoms with E-state index in [-0.39, 0.29) is 16.4 Å². The molecule has 0 aromatic rings. The Kier molecular flexibility index (Phi) is 5.85. The van der Waals surface area contributed by atoms with E-state index in [4.69, 9.17) is 0 Å². The van der Waals surface area contributed by atoms with Gasteiger partial charge in [-0.3, -0.25) is 0 Å². The molecule has 0 bridgehead atoms. The summed E-state index contributed by atoms with van der Waals surface area (Å²) in [6.07, 6.45) is 6.89. The quantitative estimate of drug-likeness (QED) is 0.747. The maximum absolute atomic E-state index is 11.9. The summed E-state index contributed by atoms with van der Waals surface area (Å²) in [6.45, 7) is 5.63. The van der Waals surface area contributed by atoms with E-state index in [1.54, 1.807) is 13.8 Å². The zero-order chi connectivity index (χ0) is 14.5. The van der Waals surface area contributed by atoms with E-state index >= 15 is 0 Å². The van der Waals surface area contributed by atoms with Crippen LogP contribution in [0.3, 0.4) is 0 Å². The van der Waals surface area contributed by atoms with Crippen LogP contribution in [0.1, 0.15) is 65.7 Å². The van der Waals surface area contributed by atoms with Crippen LogP contribution < -0.4 is 0 Å². The molecule has 19 heavy (non-hydrogen) atoms. The van der Waals surface area contributed by atoms with Crippen LogP contribution in [0.25, 0.3) is 0 Å². The van der Waals surface area contributed by atoms with Crippen molar-refractivity contribution in [3.05, 3.63) is 0 Å². The van der Waals surface area contributed by atoms with E-state index in [0.717, 1.165) is 31.6 Å². The summed E-state index contributed by atoms with van der Waals surface area (Å²) in [5.41, 5.74) is -0.383. The Morgan fingerprint density at radius 2 is 1.89 bits per heavy atom. The maximum Gasteiger partial charge on any atom is 0.152 e. The first-order valence-corrected chi connectivity index (χ1v) is 9.19. The SMILES string of the molecule is CCCC1CCC(C#N)(CCS(=O)(=O)C(C)C)CC1. The molecule has 1 aliphatic rings. The standard InChI is InChI=1S/C15H27NO2S/c1-4-5-14-6-8-15(12-16,9-7-14)10-11-19(17,18)13(2)3/h13-14H,4-11H2,1-3H3. The fourth-order valence-corrected chi connectivity index (χ4v) is 4.06. The van der Waals surface area contributed by atoms with Crippen molar-refractivity contribution < 1.29 is 8.42 Å². The van der Waals surface area contributed by atoms with Crippen LogP contribution in [0, 0.1) is 22.7 Å². The summed E-state index contributed by atoms with van der Waals surface area (Å²) in [6, 6.07) is 2.43. The van der Waals surface area contributed by atoms with Gasteiger partial charge in [-0.05, 0) is 51.9 Å². The summed E-state index contributed by atoms with van der Waals surface area (Å²) >= 11 is 0. The highest BCUT2D eigenvalue weighted by Gasteiger charge is 2.36. The summed E-state index contributed by atoms with van der Waals surface area (Å²) in [7, 11) is -3.02. The average molecular weight is 285 g/mol. The van der Waals surface area contributed by atoms with Gasteiger partial charge in [0.15, 0.2) is 9.84 Å². The third-order valence-electron chi connectivity index (χ3n) is 4.58. The molecule has 1 rings (SSSR count). The van der Waals surface area contributed by atoms with Gasteiger partial charge in [0.25, 0.3) is 0 Å². The van der Waals surface area contributed by atoms with Crippen molar-refractivity contribution in [3.63, 3.8) is 0 Å². The largest absolute Gasteiger partial charge is 0.229 e. The molecule has 4 heteroatoms. The van der Waals surface area contributed by atoms with Gasteiger partial charge in [-0.1, -0.05) is 19.8 Å². The van der Waals surface area contributed by atoms with Crippen molar-refractivity contribution in [2.75, 3.05) is 5.75 Å². The topological polar surface area (TPSA) is 57.9 Å². The summed E-state index contributed by atoms with van der Waals surface area (Å²) in [4.78, 5) is 0. The second-order valence-corrected chi connectivity index (χ2v) is 8.97. The summed E-state index contributed by atoms with van der Waals surface area (Å²) in [5, 5.41) is 9.11. The molecule has 0 radical (unpaired) electrons. The first-order valence-electron chi connectivity index (χ1n) is 7.48. The van der Waals surface area contributed by atoms with Crippen LogP contribution in [0.15, 0.2) is 0 Å². The highest BCUT2D eigenvalue weighted by atomic mass is 32.2. The molecule has 0 N–H and O–H groups in total. The lowest BCUT2D eigenvalue weighted by molar-refractivity contribution is 0.196. The lowest BCUT2D eigenvalue weighted by atomic mass is 9.69. The van der Waals surface area contributed by atoms with Crippen LogP contribution in [0.4, 0.5) is 0 Å². The van der Waals surface area contributed by atoms with E-state index in [2.05, 4.69) is 13.0 Å². The van der Waals surface area contributed by atoms with Crippen molar-refractivity contribution in [2.24, 2.45) is 11.3 Å². The lowest BCUT2D eigenvalue weighted by Crippen LogP contribution is -2.30. The minimum absolute atomic E-state index is 0.163. The number of nitrogens with zero attached hydrogens (tertiary/aromatic N) is 1. The Balaban J connectivity index is 2.58. The second kappa shape index (κ2) is 6.74. The third kappa shape index (κ3) is 4.49. The van der Waals surface area contributed by atoms with Crippen LogP contribution in [0.2, 0.25) is 0 Å². The van der Waals surface area contributed by atoms with Crippen molar-refractivity contribution >= 4 is 9.84 Å². The smallest absolute Gasteiger partial charge is 0.152 e. The van der Waals surface area contributed by atoms with Gasteiger partial charge in [0.1, 0.15) is 0 Å². The number of sulfone groups is 1. The van der Waals surface area contributed by atoms with Crippen molar-refractivity contribution in [2.45, 2.75) is 71.0 Å². The van der Waals surface area contributed by atoms with E-state index in [9.17, 15) is 13.7 Å². The molecule has 1 fully saturated rings. The van der Waals surface area contributed by atoms with Gasteiger partial charge in [0.05, 0.1) is 22.5 Å². The van der Waals surface area contributed by atoms with Gasteiger partial charge >= 0.3 is 0 Å². The van der Waals surface area contributed by atoms with Gasteiger partial charge in [0, 0.05) is 0 Å². The molecular formula is C15H27NO2S. The van der Waals surface area contributed by atoms with Gasteiger partial charge in [0.2, 0.25) is 0 Å². The van der Waals surface area contributed by atoms with Crippen molar-refractivity contribution in [1.29, 1.82) is 5.26 Å². The predicted molar refractivity (Wildman–Crippen MR) is 78.5 cm³/mol. The average Bonchev–Trinajstić information content (AvgIpc) is 2.39. The van der Waals surface area contributed by atoms with Crippen LogP contribution in [0.5, 0.6) is 0 Å².